The number of nitrogens with zero attached hydrogens (tertiary/aromatic N) is 2. The van der Waals surface area contributed by atoms with Crippen LogP contribution in [0.3, 0.4) is 0 Å². The lowest BCUT2D eigenvalue weighted by atomic mass is 9.99. The fourth-order valence-electron chi connectivity index (χ4n) is 3.41. The molecule has 0 saturated heterocycles. The SMILES string of the molecule is CC(C)c1ccc(-c2csc3ncn(C(C)C(=O)Nc4ccccc4Cl)c(=O)c23)cc1. The third-order valence-corrected chi connectivity index (χ3v) is 6.55. The number of aromatic nitrogens is 2. The highest BCUT2D eigenvalue weighted by Gasteiger charge is 2.21. The smallest absolute Gasteiger partial charge is 0.263 e. The summed E-state index contributed by atoms with van der Waals surface area (Å²) in [6.07, 6.45) is 1.43. The Morgan fingerprint density at radius 3 is 2.48 bits per heavy atom. The van der Waals surface area contributed by atoms with E-state index >= 15 is 0 Å². The summed E-state index contributed by atoms with van der Waals surface area (Å²) >= 11 is 7.56. The number of thiophene rings is 1. The van der Waals surface area contributed by atoms with Crippen LogP contribution in [0.25, 0.3) is 21.3 Å². The van der Waals surface area contributed by atoms with Gasteiger partial charge in [0.25, 0.3) is 5.56 Å². The highest BCUT2D eigenvalue weighted by molar-refractivity contribution is 7.17. The topological polar surface area (TPSA) is 64.0 Å². The van der Waals surface area contributed by atoms with Crippen LogP contribution >= 0.6 is 22.9 Å². The van der Waals surface area contributed by atoms with Gasteiger partial charge in [0.05, 0.1) is 22.4 Å². The first-order valence-corrected chi connectivity index (χ1v) is 11.3. The van der Waals surface area contributed by atoms with Gasteiger partial charge in [0, 0.05) is 10.9 Å². The fourth-order valence-corrected chi connectivity index (χ4v) is 4.50. The Labute approximate surface area is 189 Å². The molecule has 0 radical (unpaired) electrons. The zero-order valence-corrected chi connectivity index (χ0v) is 19.0. The number of carbonyl (C=O) groups excluding carboxylic acids is 1. The molecule has 0 aliphatic heterocycles. The van der Waals surface area contributed by atoms with Gasteiger partial charge in [0.15, 0.2) is 0 Å². The van der Waals surface area contributed by atoms with Crippen molar-refractivity contribution in [2.45, 2.75) is 32.7 Å². The zero-order chi connectivity index (χ0) is 22.1. The molecule has 31 heavy (non-hydrogen) atoms. The Bertz CT molecular complexity index is 1310. The van der Waals surface area contributed by atoms with E-state index in [1.165, 1.54) is 27.8 Å². The van der Waals surface area contributed by atoms with Gasteiger partial charge in [0.1, 0.15) is 10.9 Å². The molecule has 5 nitrogen and oxygen atoms in total. The van der Waals surface area contributed by atoms with Crippen LogP contribution in [-0.4, -0.2) is 15.5 Å². The zero-order valence-electron chi connectivity index (χ0n) is 17.4. The predicted octanol–water partition coefficient (Wildman–Crippen LogP) is 6.10. The minimum absolute atomic E-state index is 0.240. The average Bonchev–Trinajstić information content (AvgIpc) is 3.20. The van der Waals surface area contributed by atoms with Crippen molar-refractivity contribution in [2.24, 2.45) is 0 Å². The van der Waals surface area contributed by atoms with E-state index in [2.05, 4.69) is 36.3 Å². The number of amides is 1. The number of hydrogen-bond acceptors (Lipinski definition) is 4. The highest BCUT2D eigenvalue weighted by Crippen LogP contribution is 2.32. The third-order valence-electron chi connectivity index (χ3n) is 5.34. The quantitative estimate of drug-likeness (QED) is 0.398. The van der Waals surface area contributed by atoms with Crippen LogP contribution in [0.2, 0.25) is 5.02 Å². The van der Waals surface area contributed by atoms with Gasteiger partial charge >= 0.3 is 0 Å². The van der Waals surface area contributed by atoms with Gasteiger partial charge in [-0.3, -0.25) is 14.2 Å². The highest BCUT2D eigenvalue weighted by atomic mass is 35.5. The molecule has 1 unspecified atom stereocenters. The molecule has 7 heteroatoms. The molecule has 0 saturated carbocycles. The largest absolute Gasteiger partial charge is 0.323 e. The lowest BCUT2D eigenvalue weighted by molar-refractivity contribution is -0.118. The second kappa shape index (κ2) is 8.65. The van der Waals surface area contributed by atoms with Gasteiger partial charge in [0.2, 0.25) is 5.91 Å². The van der Waals surface area contributed by atoms with E-state index in [1.54, 1.807) is 31.2 Å². The molecule has 2 aromatic heterocycles. The molecule has 1 N–H and O–H groups in total. The summed E-state index contributed by atoms with van der Waals surface area (Å²) in [5, 5.41) is 5.70. The maximum absolute atomic E-state index is 13.3. The molecule has 0 aliphatic carbocycles. The third kappa shape index (κ3) is 4.13. The minimum Gasteiger partial charge on any atom is -0.323 e. The van der Waals surface area contributed by atoms with Crippen molar-refractivity contribution in [3.05, 3.63) is 81.2 Å². The second-order valence-corrected chi connectivity index (χ2v) is 8.97. The number of benzene rings is 2. The fraction of sp³-hybridized carbons (Fsp3) is 0.208. The van der Waals surface area contributed by atoms with Crippen LogP contribution in [0.4, 0.5) is 5.69 Å². The van der Waals surface area contributed by atoms with Crippen molar-refractivity contribution in [3.63, 3.8) is 0 Å². The molecule has 2 heterocycles. The first-order chi connectivity index (χ1) is 14.9. The normalized spacial score (nSPS) is 12.3. The van der Waals surface area contributed by atoms with E-state index in [1.807, 2.05) is 17.5 Å². The maximum atomic E-state index is 13.3. The Morgan fingerprint density at radius 2 is 1.81 bits per heavy atom. The van der Waals surface area contributed by atoms with Crippen molar-refractivity contribution in [2.75, 3.05) is 5.32 Å². The Balaban J connectivity index is 1.70. The number of carbonyl (C=O) groups is 1. The van der Waals surface area contributed by atoms with E-state index in [-0.39, 0.29) is 11.5 Å². The first-order valence-electron chi connectivity index (χ1n) is 10.0. The van der Waals surface area contributed by atoms with Crippen LogP contribution in [0.15, 0.2) is 65.0 Å². The number of fused-ring (bicyclic) bond motifs is 1. The van der Waals surface area contributed by atoms with Crippen molar-refractivity contribution < 1.29 is 4.79 Å². The van der Waals surface area contributed by atoms with E-state index in [0.29, 0.717) is 26.8 Å². The summed E-state index contributed by atoms with van der Waals surface area (Å²) in [6.45, 7) is 5.96. The first kappa shape index (κ1) is 21.3. The molecular formula is C24H22ClN3O2S. The van der Waals surface area contributed by atoms with E-state index in [9.17, 15) is 9.59 Å². The Hall–Kier alpha value is -2.96. The summed E-state index contributed by atoms with van der Waals surface area (Å²) < 4.78 is 1.37. The lowest BCUT2D eigenvalue weighted by Crippen LogP contribution is -2.31. The lowest BCUT2D eigenvalue weighted by Gasteiger charge is -2.15. The molecule has 158 valence electrons. The van der Waals surface area contributed by atoms with Gasteiger partial charge in [-0.25, -0.2) is 4.98 Å². The van der Waals surface area contributed by atoms with Crippen LogP contribution in [0.1, 0.15) is 38.3 Å². The molecular weight excluding hydrogens is 430 g/mol. The molecule has 4 rings (SSSR count). The molecule has 0 bridgehead atoms. The van der Waals surface area contributed by atoms with Gasteiger partial charge in [-0.2, -0.15) is 0 Å². The maximum Gasteiger partial charge on any atom is 0.263 e. The Morgan fingerprint density at radius 1 is 1.10 bits per heavy atom. The number of hydrogen-bond donors (Lipinski definition) is 1. The van der Waals surface area contributed by atoms with E-state index in [0.717, 1.165) is 11.1 Å². The number of anilines is 1. The molecule has 0 spiro atoms. The summed E-state index contributed by atoms with van der Waals surface area (Å²) in [5.41, 5.74) is 3.30. The number of para-hydroxylation sites is 1. The molecule has 1 amide bonds. The minimum atomic E-state index is -0.753. The van der Waals surface area contributed by atoms with Crippen molar-refractivity contribution in [1.29, 1.82) is 0 Å². The van der Waals surface area contributed by atoms with Gasteiger partial charge in [-0.1, -0.05) is 61.8 Å². The Kier molecular flexibility index (Phi) is 5.94. The summed E-state index contributed by atoms with van der Waals surface area (Å²) in [6, 6.07) is 14.5. The van der Waals surface area contributed by atoms with E-state index < -0.39 is 6.04 Å². The number of halogens is 1. The van der Waals surface area contributed by atoms with Gasteiger partial charge in [-0.05, 0) is 36.1 Å². The van der Waals surface area contributed by atoms with Crippen LogP contribution in [-0.2, 0) is 4.79 Å². The van der Waals surface area contributed by atoms with Crippen molar-refractivity contribution in [1.82, 2.24) is 9.55 Å². The van der Waals surface area contributed by atoms with Crippen LogP contribution in [0.5, 0.6) is 0 Å². The summed E-state index contributed by atoms with van der Waals surface area (Å²) in [5.74, 6) is 0.0964. The predicted molar refractivity (Wildman–Crippen MR) is 128 cm³/mol. The number of nitrogens with one attached hydrogen (secondary N) is 1. The van der Waals surface area contributed by atoms with E-state index in [4.69, 9.17) is 11.6 Å². The monoisotopic (exact) mass is 451 g/mol. The van der Waals surface area contributed by atoms with Crippen LogP contribution in [0, 0.1) is 0 Å². The van der Waals surface area contributed by atoms with Crippen molar-refractivity contribution in [3.8, 4) is 11.1 Å². The summed E-state index contributed by atoms with van der Waals surface area (Å²) in [7, 11) is 0. The standard InChI is InChI=1S/C24H22ClN3O2S/c1-14(2)16-8-10-17(11-9-16)18-12-31-23-21(18)24(30)28(13-26-23)15(3)22(29)27-20-7-5-4-6-19(20)25/h4-15H,1-3H3,(H,27,29). The average molecular weight is 452 g/mol. The van der Waals surface area contributed by atoms with Gasteiger partial charge in [-0.15, -0.1) is 11.3 Å². The number of rotatable bonds is 5. The van der Waals surface area contributed by atoms with Crippen molar-refractivity contribution >= 4 is 44.7 Å². The summed E-state index contributed by atoms with van der Waals surface area (Å²) in [4.78, 5) is 31.2. The second-order valence-electron chi connectivity index (χ2n) is 7.71. The molecule has 1 atom stereocenters. The van der Waals surface area contributed by atoms with Crippen LogP contribution < -0.4 is 10.9 Å². The molecule has 0 aliphatic rings. The molecule has 2 aromatic carbocycles. The van der Waals surface area contributed by atoms with Gasteiger partial charge < -0.3 is 5.32 Å². The molecule has 4 aromatic rings. The molecule has 0 fully saturated rings.